The van der Waals surface area contributed by atoms with E-state index in [0.29, 0.717) is 25.2 Å². The van der Waals surface area contributed by atoms with Crippen LogP contribution in [0.4, 0.5) is 0 Å². The monoisotopic (exact) mass is 286 g/mol. The molecule has 108 valence electrons. The normalized spacial score (nSPS) is 13.9. The average molecular weight is 286 g/mol. The fourth-order valence-corrected chi connectivity index (χ4v) is 2.48. The van der Waals surface area contributed by atoms with Gasteiger partial charge in [-0.25, -0.2) is 4.79 Å². The maximum atomic E-state index is 12.3. The molecule has 0 unspecified atom stereocenters. The van der Waals surface area contributed by atoms with E-state index >= 15 is 0 Å². The first kappa shape index (κ1) is 13.4. The number of aryl methyl sites for hydroxylation is 1. The Kier molecular flexibility index (Phi) is 3.21. The molecular formula is C15H14N2O4. The van der Waals surface area contributed by atoms with E-state index in [2.05, 4.69) is 5.16 Å². The van der Waals surface area contributed by atoms with Crippen molar-refractivity contribution in [1.29, 1.82) is 0 Å². The third-order valence-electron chi connectivity index (χ3n) is 3.59. The van der Waals surface area contributed by atoms with Crippen LogP contribution in [0.5, 0.6) is 0 Å². The van der Waals surface area contributed by atoms with Crippen molar-refractivity contribution >= 4 is 11.9 Å². The summed E-state index contributed by atoms with van der Waals surface area (Å²) in [4.78, 5) is 25.0. The minimum atomic E-state index is -0.966. The van der Waals surface area contributed by atoms with Crippen molar-refractivity contribution in [3.63, 3.8) is 0 Å². The fraction of sp³-hybridized carbons (Fsp3) is 0.267. The molecule has 1 aromatic carbocycles. The van der Waals surface area contributed by atoms with E-state index in [1.807, 2.05) is 6.07 Å². The highest BCUT2D eigenvalue weighted by Gasteiger charge is 2.25. The van der Waals surface area contributed by atoms with Crippen LogP contribution in [0, 0.1) is 6.92 Å². The molecule has 21 heavy (non-hydrogen) atoms. The largest absolute Gasteiger partial charge is 0.478 e. The van der Waals surface area contributed by atoms with E-state index in [-0.39, 0.29) is 17.2 Å². The Bertz CT molecular complexity index is 720. The molecule has 0 spiro atoms. The molecule has 6 heteroatoms. The summed E-state index contributed by atoms with van der Waals surface area (Å²) in [5.74, 6) is -0.973. The van der Waals surface area contributed by atoms with Gasteiger partial charge >= 0.3 is 5.97 Å². The lowest BCUT2D eigenvalue weighted by atomic mass is 9.97. The van der Waals surface area contributed by atoms with Gasteiger partial charge in [0.2, 0.25) is 5.76 Å². The highest BCUT2D eigenvalue weighted by molar-refractivity contribution is 5.92. The molecule has 0 saturated carbocycles. The van der Waals surface area contributed by atoms with E-state index in [4.69, 9.17) is 9.63 Å². The summed E-state index contributed by atoms with van der Waals surface area (Å²) in [7, 11) is 0. The number of aromatic carboxylic acids is 1. The van der Waals surface area contributed by atoms with Crippen LogP contribution in [0.25, 0.3) is 0 Å². The molecule has 1 N–H and O–H groups in total. The quantitative estimate of drug-likeness (QED) is 0.911. The number of aromatic nitrogens is 1. The van der Waals surface area contributed by atoms with Crippen molar-refractivity contribution in [2.45, 2.75) is 19.9 Å². The van der Waals surface area contributed by atoms with Crippen molar-refractivity contribution in [1.82, 2.24) is 10.1 Å². The Morgan fingerprint density at radius 1 is 1.29 bits per heavy atom. The average Bonchev–Trinajstić information content (AvgIpc) is 2.91. The minimum Gasteiger partial charge on any atom is -0.478 e. The molecule has 0 bridgehead atoms. The number of carbonyl (C=O) groups is 2. The lowest BCUT2D eigenvalue weighted by molar-refractivity contribution is 0.0692. The lowest BCUT2D eigenvalue weighted by Gasteiger charge is -2.28. The van der Waals surface area contributed by atoms with Gasteiger partial charge in [0.25, 0.3) is 5.91 Å². The SMILES string of the molecule is Cc1cc(C(=O)N2CCc3ccc(C(=O)O)cc3C2)on1. The molecule has 0 radical (unpaired) electrons. The Morgan fingerprint density at radius 2 is 2.10 bits per heavy atom. The number of benzene rings is 1. The summed E-state index contributed by atoms with van der Waals surface area (Å²) in [6.07, 6.45) is 0.702. The standard InChI is InChI=1S/C15H14N2O4/c1-9-6-13(21-16-9)14(18)17-5-4-10-2-3-11(15(19)20)7-12(10)8-17/h2-3,6-7H,4-5,8H2,1H3,(H,19,20). The van der Waals surface area contributed by atoms with Gasteiger partial charge in [-0.3, -0.25) is 4.79 Å². The van der Waals surface area contributed by atoms with Crippen LogP contribution in [0.15, 0.2) is 28.8 Å². The molecule has 0 atom stereocenters. The predicted octanol–water partition coefficient (Wildman–Crippen LogP) is 1.88. The van der Waals surface area contributed by atoms with Crippen LogP contribution in [-0.2, 0) is 13.0 Å². The van der Waals surface area contributed by atoms with Crippen LogP contribution in [0.3, 0.4) is 0 Å². The van der Waals surface area contributed by atoms with E-state index in [1.54, 1.807) is 30.0 Å². The molecule has 1 amide bonds. The minimum absolute atomic E-state index is 0.213. The Labute approximate surface area is 121 Å². The van der Waals surface area contributed by atoms with Crippen LogP contribution in [0.1, 0.15) is 37.7 Å². The molecule has 0 saturated heterocycles. The molecule has 2 aromatic rings. The Balaban J connectivity index is 1.84. The summed E-state index contributed by atoms with van der Waals surface area (Å²) in [6, 6.07) is 6.64. The van der Waals surface area contributed by atoms with Crippen molar-refractivity contribution < 1.29 is 19.2 Å². The highest BCUT2D eigenvalue weighted by Crippen LogP contribution is 2.22. The smallest absolute Gasteiger partial charge is 0.335 e. The van der Waals surface area contributed by atoms with Crippen molar-refractivity contribution in [2.24, 2.45) is 0 Å². The summed E-state index contributed by atoms with van der Waals surface area (Å²) in [5, 5.41) is 12.8. The van der Waals surface area contributed by atoms with Gasteiger partial charge in [-0.1, -0.05) is 11.2 Å². The lowest BCUT2D eigenvalue weighted by Crippen LogP contribution is -2.35. The zero-order valence-corrected chi connectivity index (χ0v) is 11.5. The number of carbonyl (C=O) groups excluding carboxylic acids is 1. The van der Waals surface area contributed by atoms with Gasteiger partial charge in [0.1, 0.15) is 0 Å². The van der Waals surface area contributed by atoms with Gasteiger partial charge in [-0.15, -0.1) is 0 Å². The number of hydrogen-bond acceptors (Lipinski definition) is 4. The van der Waals surface area contributed by atoms with Gasteiger partial charge in [-0.05, 0) is 36.6 Å². The molecule has 6 nitrogen and oxygen atoms in total. The first-order valence-corrected chi connectivity index (χ1v) is 6.62. The van der Waals surface area contributed by atoms with E-state index in [0.717, 1.165) is 11.1 Å². The number of hydrogen-bond donors (Lipinski definition) is 1. The van der Waals surface area contributed by atoms with Crippen LogP contribution < -0.4 is 0 Å². The molecular weight excluding hydrogens is 272 g/mol. The number of fused-ring (bicyclic) bond motifs is 1. The number of amides is 1. The fourth-order valence-electron chi connectivity index (χ4n) is 2.48. The molecule has 1 aromatic heterocycles. The van der Waals surface area contributed by atoms with Gasteiger partial charge in [0, 0.05) is 19.2 Å². The summed E-state index contributed by atoms with van der Waals surface area (Å²) in [6.45, 7) is 2.72. The van der Waals surface area contributed by atoms with Gasteiger partial charge in [-0.2, -0.15) is 0 Å². The highest BCUT2D eigenvalue weighted by atomic mass is 16.5. The van der Waals surface area contributed by atoms with Crippen LogP contribution >= 0.6 is 0 Å². The van der Waals surface area contributed by atoms with Gasteiger partial charge in [0.05, 0.1) is 11.3 Å². The third-order valence-corrected chi connectivity index (χ3v) is 3.59. The molecule has 2 heterocycles. The summed E-state index contributed by atoms with van der Waals surface area (Å²) >= 11 is 0. The van der Waals surface area contributed by atoms with Crippen molar-refractivity contribution in [3.8, 4) is 0 Å². The topological polar surface area (TPSA) is 83.6 Å². The second kappa shape index (κ2) is 5.05. The zero-order valence-electron chi connectivity index (χ0n) is 11.5. The van der Waals surface area contributed by atoms with E-state index in [9.17, 15) is 9.59 Å². The van der Waals surface area contributed by atoms with Crippen molar-refractivity contribution in [2.75, 3.05) is 6.54 Å². The number of nitrogens with zero attached hydrogens (tertiary/aromatic N) is 2. The van der Waals surface area contributed by atoms with Crippen LogP contribution in [0.2, 0.25) is 0 Å². The second-order valence-corrected chi connectivity index (χ2v) is 5.10. The summed E-state index contributed by atoms with van der Waals surface area (Å²) < 4.78 is 4.99. The van der Waals surface area contributed by atoms with Gasteiger partial charge < -0.3 is 14.5 Å². The van der Waals surface area contributed by atoms with E-state index < -0.39 is 5.97 Å². The van der Waals surface area contributed by atoms with Crippen molar-refractivity contribution in [3.05, 3.63) is 52.4 Å². The Morgan fingerprint density at radius 3 is 2.76 bits per heavy atom. The summed E-state index contributed by atoms with van der Waals surface area (Å²) in [5.41, 5.74) is 2.84. The number of carboxylic acid groups (broad SMARTS) is 1. The Hall–Kier alpha value is -2.63. The predicted molar refractivity (Wildman–Crippen MR) is 73.1 cm³/mol. The van der Waals surface area contributed by atoms with Crippen LogP contribution in [-0.4, -0.2) is 33.6 Å². The first-order valence-electron chi connectivity index (χ1n) is 6.62. The zero-order chi connectivity index (χ0) is 15.0. The molecule has 0 aliphatic carbocycles. The molecule has 1 aliphatic rings. The van der Waals surface area contributed by atoms with Gasteiger partial charge in [0.15, 0.2) is 0 Å². The maximum Gasteiger partial charge on any atom is 0.335 e. The molecule has 1 aliphatic heterocycles. The third kappa shape index (κ3) is 2.52. The molecule has 3 rings (SSSR count). The number of rotatable bonds is 2. The first-order chi connectivity index (χ1) is 10.0. The number of carboxylic acids is 1. The van der Waals surface area contributed by atoms with E-state index in [1.165, 1.54) is 0 Å². The maximum absolute atomic E-state index is 12.3. The second-order valence-electron chi connectivity index (χ2n) is 5.10. The molecule has 0 fully saturated rings.